The minimum atomic E-state index is 0.266. The van der Waals surface area contributed by atoms with Crippen LogP contribution in [0.3, 0.4) is 0 Å². The van der Waals surface area contributed by atoms with E-state index in [9.17, 15) is 0 Å². The van der Waals surface area contributed by atoms with Crippen molar-refractivity contribution in [1.82, 2.24) is 15.0 Å². The predicted molar refractivity (Wildman–Crippen MR) is 71.6 cm³/mol. The molecule has 7 nitrogen and oxygen atoms in total. The molecule has 1 aromatic heterocycles. The molecule has 0 saturated heterocycles. The Hall–Kier alpha value is -1.63. The van der Waals surface area contributed by atoms with E-state index in [4.69, 9.17) is 15.2 Å². The van der Waals surface area contributed by atoms with Crippen LogP contribution in [-0.4, -0.2) is 48.3 Å². The van der Waals surface area contributed by atoms with Gasteiger partial charge in [-0.25, -0.2) is 0 Å². The molecule has 1 aliphatic carbocycles. The molecule has 19 heavy (non-hydrogen) atoms. The second-order valence-electron chi connectivity index (χ2n) is 4.53. The molecular formula is C12H21N5O2. The van der Waals surface area contributed by atoms with Crippen LogP contribution in [0.1, 0.15) is 25.7 Å². The average Bonchev–Trinajstić information content (AvgIpc) is 2.97. The maximum Gasteiger partial charge on any atom is 0.324 e. The van der Waals surface area contributed by atoms with Gasteiger partial charge in [0.05, 0.1) is 14.2 Å². The summed E-state index contributed by atoms with van der Waals surface area (Å²) in [4.78, 5) is 14.8. The molecule has 0 radical (unpaired) electrons. The highest BCUT2D eigenvalue weighted by atomic mass is 16.5. The maximum absolute atomic E-state index is 5.70. The lowest BCUT2D eigenvalue weighted by atomic mass is 10.2. The van der Waals surface area contributed by atoms with E-state index < -0.39 is 0 Å². The van der Waals surface area contributed by atoms with Gasteiger partial charge in [-0.15, -0.1) is 4.98 Å². The van der Waals surface area contributed by atoms with Crippen LogP contribution in [0.2, 0.25) is 0 Å². The van der Waals surface area contributed by atoms with Crippen LogP contribution in [-0.2, 0) is 0 Å². The van der Waals surface area contributed by atoms with Gasteiger partial charge in [-0.2, -0.15) is 9.97 Å². The van der Waals surface area contributed by atoms with Crippen LogP contribution >= 0.6 is 0 Å². The Morgan fingerprint density at radius 2 is 1.68 bits per heavy atom. The van der Waals surface area contributed by atoms with Crippen molar-refractivity contribution in [1.29, 1.82) is 0 Å². The predicted octanol–water partition coefficient (Wildman–Crippen LogP) is 0.596. The number of rotatable bonds is 6. The largest absolute Gasteiger partial charge is 0.467 e. The Labute approximate surface area is 113 Å². The Bertz CT molecular complexity index is 387. The van der Waals surface area contributed by atoms with E-state index in [1.807, 2.05) is 0 Å². The molecule has 106 valence electrons. The quantitative estimate of drug-likeness (QED) is 0.807. The minimum absolute atomic E-state index is 0.266. The van der Waals surface area contributed by atoms with Gasteiger partial charge in [-0.3, -0.25) is 0 Å². The first-order chi connectivity index (χ1) is 9.28. The topological polar surface area (TPSA) is 86.4 Å². The van der Waals surface area contributed by atoms with E-state index in [1.54, 1.807) is 0 Å². The number of nitrogens with zero attached hydrogens (tertiary/aromatic N) is 4. The molecule has 2 N–H and O–H groups in total. The van der Waals surface area contributed by atoms with Gasteiger partial charge in [0, 0.05) is 19.1 Å². The number of aromatic nitrogens is 3. The fourth-order valence-corrected chi connectivity index (χ4v) is 2.44. The molecule has 1 fully saturated rings. The Balaban J connectivity index is 2.28. The van der Waals surface area contributed by atoms with E-state index in [0.717, 1.165) is 19.4 Å². The molecule has 2 rings (SSSR count). The number of nitrogens with two attached hydrogens (primary N) is 1. The van der Waals surface area contributed by atoms with E-state index >= 15 is 0 Å². The summed E-state index contributed by atoms with van der Waals surface area (Å²) < 4.78 is 10.2. The lowest BCUT2D eigenvalue weighted by Gasteiger charge is -2.28. The summed E-state index contributed by atoms with van der Waals surface area (Å²) in [6, 6.07) is 0.976. The molecule has 0 spiro atoms. The molecule has 0 unspecified atom stereocenters. The summed E-state index contributed by atoms with van der Waals surface area (Å²) in [5, 5.41) is 0. The molecule has 0 atom stereocenters. The van der Waals surface area contributed by atoms with Crippen molar-refractivity contribution >= 4 is 5.95 Å². The van der Waals surface area contributed by atoms with E-state index in [2.05, 4.69) is 19.9 Å². The molecule has 0 amide bonds. The number of hydrogen-bond acceptors (Lipinski definition) is 7. The van der Waals surface area contributed by atoms with Crippen molar-refractivity contribution < 1.29 is 9.47 Å². The zero-order valence-electron chi connectivity index (χ0n) is 11.5. The molecule has 1 aliphatic rings. The molecule has 0 aromatic carbocycles. The van der Waals surface area contributed by atoms with Crippen molar-refractivity contribution in [2.45, 2.75) is 31.7 Å². The zero-order valence-corrected chi connectivity index (χ0v) is 11.5. The lowest BCUT2D eigenvalue weighted by Crippen LogP contribution is -2.38. The monoisotopic (exact) mass is 267 g/mol. The van der Waals surface area contributed by atoms with E-state index in [1.165, 1.54) is 27.1 Å². The fraction of sp³-hybridized carbons (Fsp3) is 0.750. The third-order valence-electron chi connectivity index (χ3n) is 3.34. The number of ether oxygens (including phenoxy) is 2. The summed E-state index contributed by atoms with van der Waals surface area (Å²) >= 11 is 0. The summed E-state index contributed by atoms with van der Waals surface area (Å²) in [6.07, 6.45) is 4.78. The van der Waals surface area contributed by atoms with Crippen LogP contribution < -0.4 is 20.1 Å². The van der Waals surface area contributed by atoms with Crippen LogP contribution in [0.25, 0.3) is 0 Å². The normalized spacial score (nSPS) is 15.5. The van der Waals surface area contributed by atoms with Crippen molar-refractivity contribution in [3.05, 3.63) is 0 Å². The van der Waals surface area contributed by atoms with Gasteiger partial charge < -0.3 is 20.1 Å². The van der Waals surface area contributed by atoms with Gasteiger partial charge in [0.25, 0.3) is 0 Å². The van der Waals surface area contributed by atoms with Crippen molar-refractivity contribution in [3.8, 4) is 12.0 Å². The summed E-state index contributed by atoms with van der Waals surface area (Å²) in [5.74, 6) is 0.584. The average molecular weight is 267 g/mol. The number of hydrogen-bond donors (Lipinski definition) is 1. The summed E-state index contributed by atoms with van der Waals surface area (Å²) in [7, 11) is 3.06. The van der Waals surface area contributed by atoms with Gasteiger partial charge in [0.15, 0.2) is 0 Å². The molecular weight excluding hydrogens is 246 g/mol. The maximum atomic E-state index is 5.70. The molecule has 7 heteroatoms. The third kappa shape index (κ3) is 3.23. The third-order valence-corrected chi connectivity index (χ3v) is 3.34. The SMILES string of the molecule is COc1nc(OC)nc(N(CCN)C2CCCC2)n1. The highest BCUT2D eigenvalue weighted by molar-refractivity contribution is 5.34. The second kappa shape index (κ2) is 6.51. The van der Waals surface area contributed by atoms with Crippen molar-refractivity contribution in [2.75, 3.05) is 32.2 Å². The summed E-state index contributed by atoms with van der Waals surface area (Å²) in [5.41, 5.74) is 5.70. The van der Waals surface area contributed by atoms with Gasteiger partial charge in [-0.05, 0) is 12.8 Å². The van der Waals surface area contributed by atoms with Gasteiger partial charge in [0.2, 0.25) is 5.95 Å². The zero-order chi connectivity index (χ0) is 13.7. The minimum Gasteiger partial charge on any atom is -0.467 e. The Morgan fingerprint density at radius 3 is 2.16 bits per heavy atom. The first-order valence-corrected chi connectivity index (χ1v) is 6.59. The van der Waals surface area contributed by atoms with Gasteiger partial charge >= 0.3 is 12.0 Å². The Kier molecular flexibility index (Phi) is 4.73. The van der Waals surface area contributed by atoms with Crippen LogP contribution in [0.15, 0.2) is 0 Å². The standard InChI is InChI=1S/C12H21N5O2/c1-18-11-14-10(15-12(16-11)19-2)17(8-7-13)9-5-3-4-6-9/h9H,3-8,13H2,1-2H3. The molecule has 0 bridgehead atoms. The first-order valence-electron chi connectivity index (χ1n) is 6.59. The molecule has 1 saturated carbocycles. The highest BCUT2D eigenvalue weighted by Gasteiger charge is 2.25. The number of anilines is 1. The van der Waals surface area contributed by atoms with Crippen LogP contribution in [0.5, 0.6) is 12.0 Å². The molecule has 0 aliphatic heterocycles. The van der Waals surface area contributed by atoms with E-state index in [0.29, 0.717) is 18.5 Å². The van der Waals surface area contributed by atoms with Crippen molar-refractivity contribution in [3.63, 3.8) is 0 Å². The summed E-state index contributed by atoms with van der Waals surface area (Å²) in [6.45, 7) is 1.29. The van der Waals surface area contributed by atoms with Gasteiger partial charge in [-0.1, -0.05) is 12.8 Å². The van der Waals surface area contributed by atoms with Crippen molar-refractivity contribution in [2.24, 2.45) is 5.73 Å². The smallest absolute Gasteiger partial charge is 0.324 e. The Morgan fingerprint density at radius 1 is 1.11 bits per heavy atom. The second-order valence-corrected chi connectivity index (χ2v) is 4.53. The van der Waals surface area contributed by atoms with Gasteiger partial charge in [0.1, 0.15) is 0 Å². The fourth-order valence-electron chi connectivity index (χ4n) is 2.44. The van der Waals surface area contributed by atoms with Crippen LogP contribution in [0, 0.1) is 0 Å². The van der Waals surface area contributed by atoms with E-state index in [-0.39, 0.29) is 12.0 Å². The number of methoxy groups -OCH3 is 2. The molecule has 1 heterocycles. The van der Waals surface area contributed by atoms with Crippen LogP contribution in [0.4, 0.5) is 5.95 Å². The first kappa shape index (κ1) is 13.8. The highest BCUT2D eigenvalue weighted by Crippen LogP contribution is 2.27. The molecule has 1 aromatic rings. The lowest BCUT2D eigenvalue weighted by molar-refractivity contribution is 0.339.